The second-order valence-electron chi connectivity index (χ2n) is 7.29. The van der Waals surface area contributed by atoms with Gasteiger partial charge < -0.3 is 18.9 Å². The van der Waals surface area contributed by atoms with E-state index < -0.39 is 24.1 Å². The van der Waals surface area contributed by atoms with Crippen molar-refractivity contribution in [3.05, 3.63) is 61.1 Å². The minimum atomic E-state index is -0.636. The number of ether oxygens (including phenoxy) is 4. The molecule has 0 saturated carbocycles. The Balaban J connectivity index is 3.98. The molecule has 0 aliphatic carbocycles. The second-order valence-corrected chi connectivity index (χ2v) is 7.29. The Labute approximate surface area is 193 Å². The van der Waals surface area contributed by atoms with Gasteiger partial charge in [-0.25, -0.2) is 9.59 Å². The van der Waals surface area contributed by atoms with Crippen LogP contribution < -0.4 is 0 Å². The molecule has 2 atom stereocenters. The van der Waals surface area contributed by atoms with Crippen LogP contribution in [0.25, 0.3) is 0 Å². The van der Waals surface area contributed by atoms with Crippen LogP contribution in [0.4, 0.5) is 0 Å². The molecule has 0 radical (unpaired) electrons. The van der Waals surface area contributed by atoms with Crippen molar-refractivity contribution in [2.24, 2.45) is 0 Å². The average Bonchev–Trinajstić information content (AvgIpc) is 2.76. The lowest BCUT2D eigenvalue weighted by atomic mass is 10.2. The van der Waals surface area contributed by atoms with Crippen LogP contribution >= 0.6 is 0 Å². The zero-order chi connectivity index (χ0) is 23.9. The molecule has 32 heavy (non-hydrogen) atoms. The van der Waals surface area contributed by atoms with Gasteiger partial charge in [0.2, 0.25) is 0 Å². The van der Waals surface area contributed by atoms with Gasteiger partial charge in [-0.05, 0) is 38.8 Å². The summed E-state index contributed by atoms with van der Waals surface area (Å²) in [6, 6.07) is 0. The first kappa shape index (κ1) is 29.2. The summed E-state index contributed by atoms with van der Waals surface area (Å²) >= 11 is 0. The summed E-state index contributed by atoms with van der Waals surface area (Å²) in [6.45, 7) is 8.16. The summed E-state index contributed by atoms with van der Waals surface area (Å²) in [7, 11) is 0. The van der Waals surface area contributed by atoms with Crippen LogP contribution in [0.2, 0.25) is 0 Å². The third kappa shape index (κ3) is 20.5. The Morgan fingerprint density at radius 3 is 1.47 bits per heavy atom. The number of hydrogen-bond acceptors (Lipinski definition) is 6. The fraction of sp³-hybridized carbons (Fsp3) is 0.538. The Bertz CT molecular complexity index is 576. The first-order chi connectivity index (χ1) is 15.5. The van der Waals surface area contributed by atoms with Crippen LogP contribution in [0.5, 0.6) is 0 Å². The summed E-state index contributed by atoms with van der Waals surface area (Å²) in [5.41, 5.74) is 0. The van der Waals surface area contributed by atoms with E-state index in [1.54, 1.807) is 38.5 Å². The van der Waals surface area contributed by atoms with Crippen molar-refractivity contribution < 1.29 is 28.5 Å². The van der Waals surface area contributed by atoms with Gasteiger partial charge in [0.15, 0.2) is 0 Å². The van der Waals surface area contributed by atoms with Gasteiger partial charge in [-0.3, -0.25) is 0 Å². The van der Waals surface area contributed by atoms with Gasteiger partial charge in [0.25, 0.3) is 0 Å². The van der Waals surface area contributed by atoms with Gasteiger partial charge >= 0.3 is 11.9 Å². The van der Waals surface area contributed by atoms with Crippen molar-refractivity contribution in [2.75, 3.05) is 13.2 Å². The summed E-state index contributed by atoms with van der Waals surface area (Å²) in [5, 5.41) is 0. The molecule has 0 saturated heterocycles. The summed E-state index contributed by atoms with van der Waals surface area (Å²) in [6.07, 6.45) is 22.7. The summed E-state index contributed by atoms with van der Waals surface area (Å²) in [5.74, 6) is -1.27. The van der Waals surface area contributed by atoms with Crippen molar-refractivity contribution in [3.63, 3.8) is 0 Å². The molecule has 0 N–H and O–H groups in total. The standard InChI is InChI=1S/C26H40O6/c1-5-7-9-11-13-15-19-29-21-23(3)31-25(27)17-18-26(28)32-24(4)22-30-20-16-14-12-10-8-6-2/h11-20,23-24H,5-10,21-22H2,1-4H3. The molecule has 0 fully saturated rings. The third-order valence-corrected chi connectivity index (χ3v) is 3.94. The van der Waals surface area contributed by atoms with E-state index in [4.69, 9.17) is 18.9 Å². The van der Waals surface area contributed by atoms with Crippen molar-refractivity contribution in [2.45, 2.75) is 78.4 Å². The zero-order valence-electron chi connectivity index (χ0n) is 20.0. The van der Waals surface area contributed by atoms with Crippen LogP contribution in [0.15, 0.2) is 61.1 Å². The van der Waals surface area contributed by atoms with Gasteiger partial charge in [-0.15, -0.1) is 0 Å². The Morgan fingerprint density at radius 2 is 1.09 bits per heavy atom. The second kappa shape index (κ2) is 21.5. The number of unbranched alkanes of at least 4 members (excludes halogenated alkanes) is 4. The molecule has 0 rings (SSSR count). The highest BCUT2D eigenvalue weighted by atomic mass is 16.6. The number of carbonyl (C=O) groups is 2. The van der Waals surface area contributed by atoms with Gasteiger partial charge in [-0.1, -0.05) is 63.8 Å². The molecular weight excluding hydrogens is 408 g/mol. The van der Waals surface area contributed by atoms with Crippen LogP contribution in [0.1, 0.15) is 66.2 Å². The van der Waals surface area contributed by atoms with E-state index in [1.165, 1.54) is 25.7 Å². The molecule has 0 aromatic carbocycles. The zero-order valence-corrected chi connectivity index (χ0v) is 20.0. The topological polar surface area (TPSA) is 71.1 Å². The lowest BCUT2D eigenvalue weighted by Crippen LogP contribution is -2.19. The smallest absolute Gasteiger partial charge is 0.331 e. The minimum absolute atomic E-state index is 0.221. The molecule has 6 heteroatoms. The highest BCUT2D eigenvalue weighted by Gasteiger charge is 2.09. The Kier molecular flexibility index (Phi) is 19.6. The average molecular weight is 449 g/mol. The first-order valence-electron chi connectivity index (χ1n) is 11.4. The molecule has 0 aliphatic heterocycles. The normalized spacial score (nSPS) is 14.0. The maximum absolute atomic E-state index is 11.8. The summed E-state index contributed by atoms with van der Waals surface area (Å²) < 4.78 is 20.9. The molecule has 6 nitrogen and oxygen atoms in total. The first-order valence-corrected chi connectivity index (χ1v) is 11.4. The van der Waals surface area contributed by atoms with Gasteiger partial charge in [0, 0.05) is 12.2 Å². The minimum Gasteiger partial charge on any atom is -0.497 e. The SMILES string of the molecule is CCCCC=CC=COCC(C)OC(=O)C=CC(=O)OC(C)COC=CC=CCCCC. The molecule has 2 unspecified atom stereocenters. The molecule has 0 aromatic heterocycles. The van der Waals surface area contributed by atoms with Crippen LogP contribution in [0.3, 0.4) is 0 Å². The maximum Gasteiger partial charge on any atom is 0.331 e. The number of carbonyl (C=O) groups excluding carboxylic acids is 2. The van der Waals surface area contributed by atoms with Crippen LogP contribution in [-0.4, -0.2) is 37.4 Å². The van der Waals surface area contributed by atoms with Gasteiger partial charge in [0.05, 0.1) is 12.5 Å². The number of rotatable bonds is 18. The van der Waals surface area contributed by atoms with E-state index in [2.05, 4.69) is 26.0 Å². The van der Waals surface area contributed by atoms with E-state index in [9.17, 15) is 9.59 Å². The molecule has 0 amide bonds. The molecule has 180 valence electrons. The van der Waals surface area contributed by atoms with Crippen molar-refractivity contribution in [1.82, 2.24) is 0 Å². The largest absolute Gasteiger partial charge is 0.497 e. The fourth-order valence-electron chi connectivity index (χ4n) is 2.26. The Hall–Kier alpha value is -2.76. The van der Waals surface area contributed by atoms with E-state index in [0.29, 0.717) is 0 Å². The number of allylic oxidation sites excluding steroid dienone is 6. The highest BCUT2D eigenvalue weighted by Crippen LogP contribution is 1.99. The predicted octanol–water partition coefficient (Wildman–Crippen LogP) is 5.96. The quantitative estimate of drug-likeness (QED) is 0.0847. The summed E-state index contributed by atoms with van der Waals surface area (Å²) in [4.78, 5) is 23.6. The van der Waals surface area contributed by atoms with Crippen molar-refractivity contribution in [1.29, 1.82) is 0 Å². The highest BCUT2D eigenvalue weighted by molar-refractivity contribution is 5.91. The van der Waals surface area contributed by atoms with E-state index in [1.807, 2.05) is 12.2 Å². The fourth-order valence-corrected chi connectivity index (χ4v) is 2.26. The van der Waals surface area contributed by atoms with Gasteiger partial charge in [0.1, 0.15) is 25.4 Å². The van der Waals surface area contributed by atoms with Gasteiger partial charge in [-0.2, -0.15) is 0 Å². The number of hydrogen-bond donors (Lipinski definition) is 0. The lowest BCUT2D eigenvalue weighted by molar-refractivity contribution is -0.146. The van der Waals surface area contributed by atoms with E-state index >= 15 is 0 Å². The molecular formula is C26H40O6. The molecule has 0 aromatic rings. The third-order valence-electron chi connectivity index (χ3n) is 3.94. The van der Waals surface area contributed by atoms with E-state index in [-0.39, 0.29) is 13.2 Å². The van der Waals surface area contributed by atoms with Crippen LogP contribution in [0, 0.1) is 0 Å². The van der Waals surface area contributed by atoms with Crippen molar-refractivity contribution in [3.8, 4) is 0 Å². The predicted molar refractivity (Wildman–Crippen MR) is 128 cm³/mol. The molecule has 0 heterocycles. The lowest BCUT2D eigenvalue weighted by Gasteiger charge is -2.12. The maximum atomic E-state index is 11.8. The number of esters is 2. The van der Waals surface area contributed by atoms with Crippen molar-refractivity contribution >= 4 is 11.9 Å². The molecule has 0 spiro atoms. The molecule has 0 aliphatic rings. The monoisotopic (exact) mass is 448 g/mol. The van der Waals surface area contributed by atoms with Crippen LogP contribution in [-0.2, 0) is 28.5 Å². The Morgan fingerprint density at radius 1 is 0.688 bits per heavy atom. The van der Waals surface area contributed by atoms with E-state index in [0.717, 1.165) is 25.0 Å². The molecule has 0 bridgehead atoms.